The molecular weight excluding hydrogens is 205 g/mol. The quantitative estimate of drug-likeness (QED) is 0.840. The molecule has 0 saturated carbocycles. The van der Waals surface area contributed by atoms with Crippen molar-refractivity contribution in [2.24, 2.45) is 5.92 Å². The van der Waals surface area contributed by atoms with Gasteiger partial charge in [0.2, 0.25) is 0 Å². The zero-order valence-electron chi connectivity index (χ0n) is 9.42. The number of Topliss-reactive ketones (excluding diaryl/α,β-unsaturated/α-hetero) is 1. The molecule has 86 valence electrons. The van der Waals surface area contributed by atoms with Gasteiger partial charge in [-0.3, -0.25) is 4.79 Å². The number of hydrogen-bond donors (Lipinski definition) is 1. The van der Waals surface area contributed by atoms with Crippen LogP contribution < -0.4 is 5.32 Å². The summed E-state index contributed by atoms with van der Waals surface area (Å²) >= 11 is 0. The van der Waals surface area contributed by atoms with Crippen molar-refractivity contribution in [3.63, 3.8) is 0 Å². The molecule has 0 bridgehead atoms. The molecule has 1 heterocycles. The standard InChI is InChI=1S/C13H16FNO/c1-9-2-3-12(14)5-11(9)6-13(16)4-10-7-15-8-10/h2-3,5,10,15H,4,6-8H2,1H3. The molecule has 3 heteroatoms. The lowest BCUT2D eigenvalue weighted by molar-refractivity contribution is -0.119. The van der Waals surface area contributed by atoms with Crippen LogP contribution >= 0.6 is 0 Å². The Hall–Kier alpha value is -1.22. The molecular formula is C13H16FNO. The summed E-state index contributed by atoms with van der Waals surface area (Å²) in [6, 6.07) is 4.62. The van der Waals surface area contributed by atoms with E-state index >= 15 is 0 Å². The number of rotatable bonds is 4. The van der Waals surface area contributed by atoms with Gasteiger partial charge >= 0.3 is 0 Å². The molecule has 0 amide bonds. The Bertz CT molecular complexity index is 399. The summed E-state index contributed by atoms with van der Waals surface area (Å²) in [4.78, 5) is 11.7. The van der Waals surface area contributed by atoms with E-state index in [2.05, 4.69) is 5.32 Å². The average Bonchev–Trinajstić information content (AvgIpc) is 2.18. The molecule has 1 aromatic carbocycles. The zero-order chi connectivity index (χ0) is 11.5. The third-order valence-corrected chi connectivity index (χ3v) is 3.08. The highest BCUT2D eigenvalue weighted by Crippen LogP contribution is 2.15. The van der Waals surface area contributed by atoms with Crippen LogP contribution in [0.2, 0.25) is 0 Å². The Balaban J connectivity index is 1.96. The average molecular weight is 221 g/mol. The molecule has 1 aliphatic rings. The Kier molecular flexibility index (Phi) is 3.34. The van der Waals surface area contributed by atoms with E-state index in [0.717, 1.165) is 24.2 Å². The molecule has 1 saturated heterocycles. The third kappa shape index (κ3) is 2.67. The molecule has 0 aromatic heterocycles. The van der Waals surface area contributed by atoms with E-state index in [4.69, 9.17) is 0 Å². The molecule has 1 aliphatic heterocycles. The summed E-state index contributed by atoms with van der Waals surface area (Å²) in [5.74, 6) is 0.431. The molecule has 1 fully saturated rings. The minimum absolute atomic E-state index is 0.209. The van der Waals surface area contributed by atoms with Gasteiger partial charge in [-0.25, -0.2) is 4.39 Å². The third-order valence-electron chi connectivity index (χ3n) is 3.08. The van der Waals surface area contributed by atoms with Gasteiger partial charge in [-0.2, -0.15) is 0 Å². The van der Waals surface area contributed by atoms with Crippen molar-refractivity contribution in [3.05, 3.63) is 35.1 Å². The number of carbonyl (C=O) groups is 1. The predicted molar refractivity (Wildman–Crippen MR) is 60.8 cm³/mol. The molecule has 2 rings (SSSR count). The molecule has 0 radical (unpaired) electrons. The van der Waals surface area contributed by atoms with Crippen molar-refractivity contribution in [2.45, 2.75) is 19.8 Å². The lowest BCUT2D eigenvalue weighted by Crippen LogP contribution is -2.43. The van der Waals surface area contributed by atoms with Gasteiger partial charge in [-0.15, -0.1) is 0 Å². The summed E-state index contributed by atoms with van der Waals surface area (Å²) in [6.45, 7) is 3.79. The van der Waals surface area contributed by atoms with Crippen LogP contribution in [0.4, 0.5) is 4.39 Å². The highest BCUT2D eigenvalue weighted by molar-refractivity contribution is 5.81. The second kappa shape index (κ2) is 4.74. The fourth-order valence-electron chi connectivity index (χ4n) is 1.93. The topological polar surface area (TPSA) is 29.1 Å². The highest BCUT2D eigenvalue weighted by atomic mass is 19.1. The SMILES string of the molecule is Cc1ccc(F)cc1CC(=O)CC1CNC1. The van der Waals surface area contributed by atoms with Gasteiger partial charge in [0.15, 0.2) is 0 Å². The van der Waals surface area contributed by atoms with Gasteiger partial charge in [0.1, 0.15) is 11.6 Å². The zero-order valence-corrected chi connectivity index (χ0v) is 9.42. The highest BCUT2D eigenvalue weighted by Gasteiger charge is 2.20. The van der Waals surface area contributed by atoms with Crippen molar-refractivity contribution < 1.29 is 9.18 Å². The molecule has 1 aromatic rings. The maximum absolute atomic E-state index is 13.0. The van der Waals surface area contributed by atoms with Crippen molar-refractivity contribution in [1.29, 1.82) is 0 Å². The number of nitrogens with one attached hydrogen (secondary N) is 1. The number of hydrogen-bond acceptors (Lipinski definition) is 2. The van der Waals surface area contributed by atoms with Crippen molar-refractivity contribution in [2.75, 3.05) is 13.1 Å². The maximum atomic E-state index is 13.0. The van der Waals surface area contributed by atoms with E-state index in [1.165, 1.54) is 12.1 Å². The van der Waals surface area contributed by atoms with Crippen LogP contribution in [0.25, 0.3) is 0 Å². The Morgan fingerprint density at radius 1 is 1.50 bits per heavy atom. The van der Waals surface area contributed by atoms with Crippen LogP contribution in [0.1, 0.15) is 17.5 Å². The lowest BCUT2D eigenvalue weighted by atomic mass is 9.93. The molecule has 2 nitrogen and oxygen atoms in total. The van der Waals surface area contributed by atoms with Crippen LogP contribution in [-0.2, 0) is 11.2 Å². The van der Waals surface area contributed by atoms with Gasteiger partial charge in [-0.05, 0) is 49.2 Å². The fourth-order valence-corrected chi connectivity index (χ4v) is 1.93. The summed E-state index contributed by atoms with van der Waals surface area (Å²) in [7, 11) is 0. The van der Waals surface area contributed by atoms with Gasteiger partial charge < -0.3 is 5.32 Å². The van der Waals surface area contributed by atoms with Gasteiger partial charge in [0.05, 0.1) is 0 Å². The first kappa shape index (κ1) is 11.3. The summed E-state index contributed by atoms with van der Waals surface area (Å²) in [5, 5.41) is 3.14. The summed E-state index contributed by atoms with van der Waals surface area (Å²) in [6.07, 6.45) is 0.975. The maximum Gasteiger partial charge on any atom is 0.137 e. The molecule has 0 aliphatic carbocycles. The number of halogens is 1. The van der Waals surface area contributed by atoms with E-state index in [1.54, 1.807) is 6.07 Å². The lowest BCUT2D eigenvalue weighted by Gasteiger charge is -2.26. The van der Waals surface area contributed by atoms with Crippen LogP contribution in [0.15, 0.2) is 18.2 Å². The fraction of sp³-hybridized carbons (Fsp3) is 0.462. The van der Waals surface area contributed by atoms with Crippen molar-refractivity contribution in [3.8, 4) is 0 Å². The Labute approximate surface area is 94.9 Å². The minimum atomic E-state index is -0.265. The first-order valence-electron chi connectivity index (χ1n) is 5.62. The smallest absolute Gasteiger partial charge is 0.137 e. The second-order valence-corrected chi connectivity index (χ2v) is 4.51. The molecule has 0 spiro atoms. The summed E-state index contributed by atoms with van der Waals surface area (Å²) < 4.78 is 13.0. The first-order chi connectivity index (χ1) is 7.65. The van der Waals surface area contributed by atoms with Crippen molar-refractivity contribution >= 4 is 5.78 Å². The van der Waals surface area contributed by atoms with E-state index in [1.807, 2.05) is 6.92 Å². The number of benzene rings is 1. The van der Waals surface area contributed by atoms with Crippen LogP contribution in [0.5, 0.6) is 0 Å². The van der Waals surface area contributed by atoms with Crippen LogP contribution in [0, 0.1) is 18.7 Å². The summed E-state index contributed by atoms with van der Waals surface area (Å²) in [5.41, 5.74) is 1.80. The van der Waals surface area contributed by atoms with Crippen molar-refractivity contribution in [1.82, 2.24) is 5.32 Å². The van der Waals surface area contributed by atoms with E-state index < -0.39 is 0 Å². The first-order valence-corrected chi connectivity index (χ1v) is 5.62. The van der Waals surface area contributed by atoms with Gasteiger partial charge in [-0.1, -0.05) is 6.07 Å². The van der Waals surface area contributed by atoms with Crippen LogP contribution in [-0.4, -0.2) is 18.9 Å². The number of ketones is 1. The minimum Gasteiger partial charge on any atom is -0.316 e. The normalized spacial score (nSPS) is 15.9. The number of carbonyl (C=O) groups excluding carboxylic acids is 1. The molecule has 16 heavy (non-hydrogen) atoms. The molecule has 1 N–H and O–H groups in total. The van der Waals surface area contributed by atoms with E-state index in [-0.39, 0.29) is 11.6 Å². The Morgan fingerprint density at radius 2 is 2.25 bits per heavy atom. The van der Waals surface area contributed by atoms with Gasteiger partial charge in [0, 0.05) is 12.8 Å². The Morgan fingerprint density at radius 3 is 2.88 bits per heavy atom. The monoisotopic (exact) mass is 221 g/mol. The van der Waals surface area contributed by atoms with Gasteiger partial charge in [0.25, 0.3) is 0 Å². The second-order valence-electron chi connectivity index (χ2n) is 4.51. The van der Waals surface area contributed by atoms with Crippen LogP contribution in [0.3, 0.4) is 0 Å². The molecule has 0 atom stereocenters. The predicted octanol–water partition coefficient (Wildman–Crippen LogP) is 1.86. The van der Waals surface area contributed by atoms with E-state index in [9.17, 15) is 9.18 Å². The largest absolute Gasteiger partial charge is 0.316 e. The van der Waals surface area contributed by atoms with E-state index in [0.29, 0.717) is 18.8 Å². The molecule has 0 unspecified atom stereocenters. The number of aryl methyl sites for hydroxylation is 1.